The van der Waals surface area contributed by atoms with Crippen LogP contribution in [-0.2, 0) is 0 Å². The van der Waals surface area contributed by atoms with Gasteiger partial charge in [0.25, 0.3) is 0 Å². The zero-order valence-corrected chi connectivity index (χ0v) is 18.8. The van der Waals surface area contributed by atoms with Crippen LogP contribution in [0.4, 0.5) is 0 Å². The van der Waals surface area contributed by atoms with Crippen molar-refractivity contribution in [2.75, 3.05) is 0 Å². The highest BCUT2D eigenvalue weighted by molar-refractivity contribution is 6.10. The van der Waals surface area contributed by atoms with Crippen molar-refractivity contribution in [2.45, 2.75) is 0 Å². The van der Waals surface area contributed by atoms with Crippen LogP contribution < -0.4 is 5.73 Å². The summed E-state index contributed by atoms with van der Waals surface area (Å²) < 4.78 is 0. The van der Waals surface area contributed by atoms with Gasteiger partial charge >= 0.3 is 0 Å². The number of nitrogens with zero attached hydrogens (tertiary/aromatic N) is 4. The molecule has 0 spiro atoms. The van der Waals surface area contributed by atoms with E-state index in [1.165, 1.54) is 0 Å². The zero-order chi connectivity index (χ0) is 24.0. The Hall–Kier alpha value is -4.97. The first-order valence-electron chi connectivity index (χ1n) is 11.1. The van der Waals surface area contributed by atoms with Crippen LogP contribution in [0.2, 0.25) is 0 Å². The van der Waals surface area contributed by atoms with E-state index in [4.69, 9.17) is 26.1 Å². The minimum atomic E-state index is 0.0637. The molecule has 1 aromatic heterocycles. The molecular weight excluding hydrogens is 432 g/mol. The third kappa shape index (κ3) is 5.02. The largest absolute Gasteiger partial charge is 0.383 e. The van der Waals surface area contributed by atoms with Gasteiger partial charge in [-0.1, -0.05) is 109 Å². The summed E-state index contributed by atoms with van der Waals surface area (Å²) in [6.45, 7) is 0. The molecule has 0 saturated heterocycles. The fourth-order valence-corrected chi connectivity index (χ4v) is 3.60. The number of aliphatic imine (C=N–C) groups is 1. The first-order valence-corrected chi connectivity index (χ1v) is 11.1. The highest BCUT2D eigenvalue weighted by Gasteiger charge is 2.13. The Labute approximate surface area is 203 Å². The van der Waals surface area contributed by atoms with Crippen LogP contribution >= 0.6 is 0 Å². The van der Waals surface area contributed by atoms with E-state index in [-0.39, 0.29) is 5.84 Å². The van der Waals surface area contributed by atoms with E-state index in [0.29, 0.717) is 28.9 Å². The second-order valence-electron chi connectivity index (χ2n) is 7.83. The molecule has 0 amide bonds. The molecule has 6 heteroatoms. The van der Waals surface area contributed by atoms with Gasteiger partial charge in [0, 0.05) is 27.8 Å². The van der Waals surface area contributed by atoms with Crippen molar-refractivity contribution in [1.82, 2.24) is 15.0 Å². The van der Waals surface area contributed by atoms with Gasteiger partial charge in [0.1, 0.15) is 5.84 Å². The molecule has 0 unspecified atom stereocenters. The third-order valence-corrected chi connectivity index (χ3v) is 5.40. The lowest BCUT2D eigenvalue weighted by atomic mass is 10.1. The minimum absolute atomic E-state index is 0.0637. The van der Waals surface area contributed by atoms with E-state index in [1.807, 2.05) is 115 Å². The summed E-state index contributed by atoms with van der Waals surface area (Å²) >= 11 is 0. The number of amidine groups is 2. The molecule has 5 rings (SSSR count). The van der Waals surface area contributed by atoms with Crippen molar-refractivity contribution >= 4 is 11.7 Å². The molecule has 0 atom stereocenters. The van der Waals surface area contributed by atoms with E-state index >= 15 is 0 Å². The molecule has 168 valence electrons. The van der Waals surface area contributed by atoms with Crippen LogP contribution in [0.1, 0.15) is 11.1 Å². The summed E-state index contributed by atoms with van der Waals surface area (Å²) in [6, 6.07) is 36.5. The van der Waals surface area contributed by atoms with Gasteiger partial charge < -0.3 is 5.73 Å². The van der Waals surface area contributed by atoms with Crippen LogP contribution in [0.3, 0.4) is 0 Å². The smallest absolute Gasteiger partial charge is 0.164 e. The van der Waals surface area contributed by atoms with E-state index in [2.05, 4.69) is 4.99 Å². The zero-order valence-electron chi connectivity index (χ0n) is 18.8. The Morgan fingerprint density at radius 2 is 0.971 bits per heavy atom. The molecular formula is C29H22N6. The van der Waals surface area contributed by atoms with Gasteiger partial charge in [-0.3, -0.25) is 5.41 Å². The Bertz CT molecular complexity index is 1440. The van der Waals surface area contributed by atoms with Crippen LogP contribution in [0, 0.1) is 5.41 Å². The fourth-order valence-electron chi connectivity index (χ4n) is 3.60. The molecule has 6 nitrogen and oxygen atoms in total. The molecule has 3 N–H and O–H groups in total. The average molecular weight is 455 g/mol. The summed E-state index contributed by atoms with van der Waals surface area (Å²) in [7, 11) is 0. The molecule has 1 heterocycles. The molecule has 0 bridgehead atoms. The first kappa shape index (κ1) is 21.9. The number of nitrogens with one attached hydrogen (secondary N) is 1. The maximum Gasteiger partial charge on any atom is 0.164 e. The monoisotopic (exact) mass is 454 g/mol. The SMILES string of the molecule is N=C(/N=C(\N)c1ccccc1)c1cccc(-c2nc(-c3ccccc3)nc(-c3ccccc3)n2)c1. The van der Waals surface area contributed by atoms with Crippen LogP contribution in [0.5, 0.6) is 0 Å². The van der Waals surface area contributed by atoms with Crippen molar-refractivity contribution < 1.29 is 0 Å². The lowest BCUT2D eigenvalue weighted by molar-refractivity contribution is 1.07. The van der Waals surface area contributed by atoms with Crippen LogP contribution in [-0.4, -0.2) is 26.6 Å². The predicted octanol–water partition coefficient (Wildman–Crippen LogP) is 5.60. The molecule has 0 fully saturated rings. The minimum Gasteiger partial charge on any atom is -0.383 e. The van der Waals surface area contributed by atoms with Crippen molar-refractivity contribution in [3.63, 3.8) is 0 Å². The highest BCUT2D eigenvalue weighted by Crippen LogP contribution is 2.25. The summed E-state index contributed by atoms with van der Waals surface area (Å²) in [4.78, 5) is 18.5. The Morgan fingerprint density at radius 3 is 1.51 bits per heavy atom. The van der Waals surface area contributed by atoms with Crippen molar-refractivity contribution in [2.24, 2.45) is 10.7 Å². The quantitative estimate of drug-likeness (QED) is 0.266. The van der Waals surface area contributed by atoms with Crippen molar-refractivity contribution in [1.29, 1.82) is 5.41 Å². The van der Waals surface area contributed by atoms with E-state index in [1.54, 1.807) is 0 Å². The molecule has 5 aromatic rings. The predicted molar refractivity (Wildman–Crippen MR) is 140 cm³/mol. The Balaban J connectivity index is 1.56. The summed E-state index contributed by atoms with van der Waals surface area (Å²) in [5.74, 6) is 2.04. The number of hydrogen-bond acceptors (Lipinski definition) is 4. The Morgan fingerprint density at radius 1 is 0.543 bits per heavy atom. The normalized spacial score (nSPS) is 11.3. The molecule has 35 heavy (non-hydrogen) atoms. The van der Waals surface area contributed by atoms with E-state index in [9.17, 15) is 0 Å². The molecule has 0 aliphatic heterocycles. The van der Waals surface area contributed by atoms with Crippen molar-refractivity contribution in [3.05, 3.63) is 126 Å². The van der Waals surface area contributed by atoms with E-state index in [0.717, 1.165) is 22.3 Å². The molecule has 0 saturated carbocycles. The van der Waals surface area contributed by atoms with E-state index < -0.39 is 0 Å². The molecule has 4 aromatic carbocycles. The fraction of sp³-hybridized carbons (Fsp3) is 0. The standard InChI is InChI=1S/C29H22N6/c30-25(20-11-4-1-5-12-20)32-26(31)23-17-10-18-24(19-23)29-34-27(21-13-6-2-7-14-21)33-28(35-29)22-15-8-3-9-16-22/h1-19H,(H3,30,31,32). The van der Waals surface area contributed by atoms with Gasteiger partial charge in [-0.05, 0) is 6.07 Å². The number of rotatable bonds is 5. The van der Waals surface area contributed by atoms with Crippen LogP contribution in [0.15, 0.2) is 120 Å². The summed E-state index contributed by atoms with van der Waals surface area (Å²) in [5.41, 5.74) is 10.1. The number of hydrogen-bond donors (Lipinski definition) is 2. The van der Waals surface area contributed by atoms with Gasteiger partial charge in [-0.15, -0.1) is 0 Å². The van der Waals surface area contributed by atoms with Crippen molar-refractivity contribution in [3.8, 4) is 34.2 Å². The second kappa shape index (κ2) is 9.89. The Kier molecular flexibility index (Phi) is 6.17. The first-order chi connectivity index (χ1) is 17.2. The maximum absolute atomic E-state index is 8.50. The maximum atomic E-state index is 8.50. The topological polar surface area (TPSA) is 101 Å². The lowest BCUT2D eigenvalue weighted by Crippen LogP contribution is -2.15. The molecule has 0 radical (unpaired) electrons. The lowest BCUT2D eigenvalue weighted by Gasteiger charge is -2.09. The number of aromatic nitrogens is 3. The number of benzene rings is 4. The van der Waals surface area contributed by atoms with Crippen LogP contribution in [0.25, 0.3) is 34.2 Å². The average Bonchev–Trinajstić information content (AvgIpc) is 2.94. The molecule has 0 aliphatic rings. The van der Waals surface area contributed by atoms with Gasteiger partial charge in [0.05, 0.1) is 0 Å². The number of nitrogens with two attached hydrogens (primary N) is 1. The summed E-state index contributed by atoms with van der Waals surface area (Å²) in [5, 5.41) is 8.50. The summed E-state index contributed by atoms with van der Waals surface area (Å²) in [6.07, 6.45) is 0. The van der Waals surface area contributed by atoms with Gasteiger partial charge in [-0.2, -0.15) is 0 Å². The van der Waals surface area contributed by atoms with Gasteiger partial charge in [-0.25, -0.2) is 19.9 Å². The molecule has 0 aliphatic carbocycles. The highest BCUT2D eigenvalue weighted by atomic mass is 15.0. The van der Waals surface area contributed by atoms with Gasteiger partial charge in [0.2, 0.25) is 0 Å². The van der Waals surface area contributed by atoms with Gasteiger partial charge in [0.15, 0.2) is 23.3 Å². The third-order valence-electron chi connectivity index (χ3n) is 5.40. The second-order valence-corrected chi connectivity index (χ2v) is 7.83.